The molecule has 0 nitrogen and oxygen atoms in total. The van der Waals surface area contributed by atoms with E-state index in [1.807, 2.05) is 6.08 Å². The fourth-order valence-corrected chi connectivity index (χ4v) is 2.98. The van der Waals surface area contributed by atoms with Crippen molar-refractivity contribution < 1.29 is 0 Å². The van der Waals surface area contributed by atoms with Gasteiger partial charge in [-0.15, -0.1) is 0 Å². The van der Waals surface area contributed by atoms with Crippen molar-refractivity contribution >= 4 is 5.57 Å². The molecule has 0 spiro atoms. The third-order valence-corrected chi connectivity index (χ3v) is 3.80. The summed E-state index contributed by atoms with van der Waals surface area (Å²) in [5.41, 5.74) is 8.02. The van der Waals surface area contributed by atoms with Crippen molar-refractivity contribution in [2.75, 3.05) is 0 Å². The fraction of sp³-hybridized carbons (Fsp3) is 0.0526. The molecule has 2 aromatic rings. The quantitative estimate of drug-likeness (QED) is 0.531. The maximum absolute atomic E-state index is 3.41. The van der Waals surface area contributed by atoms with Gasteiger partial charge in [-0.05, 0) is 45.9 Å². The summed E-state index contributed by atoms with van der Waals surface area (Å²) in [5, 5.41) is 0. The third-order valence-electron chi connectivity index (χ3n) is 3.80. The summed E-state index contributed by atoms with van der Waals surface area (Å²) < 4.78 is 0. The number of hydrogen-bond donors (Lipinski definition) is 0. The maximum Gasteiger partial charge on any atom is -0.00575 e. The highest BCUT2D eigenvalue weighted by molar-refractivity contribution is 6.02. The molecule has 0 heteroatoms. The van der Waals surface area contributed by atoms with E-state index >= 15 is 0 Å². The van der Waals surface area contributed by atoms with Crippen molar-refractivity contribution in [3.8, 4) is 11.1 Å². The normalized spacial score (nSPS) is 15.6. The second-order valence-electron chi connectivity index (χ2n) is 4.89. The predicted molar refractivity (Wildman–Crippen MR) is 79.5 cm³/mol. The lowest BCUT2D eigenvalue weighted by Gasteiger charge is -2.09. The number of hydrogen-bond acceptors (Lipinski definition) is 0. The van der Waals surface area contributed by atoms with Crippen LogP contribution in [0.1, 0.15) is 17.5 Å². The van der Waals surface area contributed by atoms with Crippen molar-refractivity contribution in [1.29, 1.82) is 0 Å². The molecule has 2 aromatic carbocycles. The van der Waals surface area contributed by atoms with Crippen molar-refractivity contribution in [2.45, 2.75) is 6.42 Å². The summed E-state index contributed by atoms with van der Waals surface area (Å²) in [7, 11) is 0. The molecule has 89 valence electrons. The van der Waals surface area contributed by atoms with Crippen LogP contribution in [0.4, 0.5) is 0 Å². The zero-order chi connectivity index (χ0) is 12.7. The van der Waals surface area contributed by atoms with Crippen LogP contribution in [0.15, 0.2) is 72.3 Å². The van der Waals surface area contributed by atoms with Gasteiger partial charge in [0.15, 0.2) is 0 Å². The van der Waals surface area contributed by atoms with E-state index in [0.29, 0.717) is 0 Å². The largest absolute Gasteiger partial charge is 0.0801 e. The highest BCUT2D eigenvalue weighted by Crippen LogP contribution is 2.46. The van der Waals surface area contributed by atoms with Crippen LogP contribution in [-0.4, -0.2) is 0 Å². The average molecular weight is 241 g/mol. The van der Waals surface area contributed by atoms with Gasteiger partial charge in [-0.3, -0.25) is 0 Å². The highest BCUT2D eigenvalue weighted by Gasteiger charge is 2.24. The molecule has 0 aliphatic heterocycles. The van der Waals surface area contributed by atoms with E-state index in [1.165, 1.54) is 33.4 Å². The zero-order valence-corrected chi connectivity index (χ0v) is 10.6. The minimum Gasteiger partial charge on any atom is -0.0801 e. The highest BCUT2D eigenvalue weighted by atomic mass is 14.3. The molecule has 19 heavy (non-hydrogen) atoms. The van der Waals surface area contributed by atoms with Crippen LogP contribution >= 0.6 is 0 Å². The molecule has 0 aromatic heterocycles. The van der Waals surface area contributed by atoms with Gasteiger partial charge in [0.2, 0.25) is 0 Å². The summed E-state index contributed by atoms with van der Waals surface area (Å²) >= 11 is 0. The Bertz CT molecular complexity index is 695. The first kappa shape index (κ1) is 10.6. The molecule has 0 amide bonds. The van der Waals surface area contributed by atoms with Crippen LogP contribution in [0, 0.1) is 6.08 Å². The first-order valence-corrected chi connectivity index (χ1v) is 6.62. The van der Waals surface area contributed by atoms with E-state index in [0.717, 1.165) is 6.42 Å². The van der Waals surface area contributed by atoms with Crippen LogP contribution in [0.5, 0.6) is 0 Å². The standard InChI is InChI=1S/C19H13/c1-2-8-14(9-3-1)19-17-12-6-4-10-15(17)16-11-5-7-13-18(16)19/h1-7,10-13H,8H2. The zero-order valence-electron chi connectivity index (χ0n) is 10.6. The summed E-state index contributed by atoms with van der Waals surface area (Å²) in [5.74, 6) is 0. The van der Waals surface area contributed by atoms with Crippen LogP contribution < -0.4 is 0 Å². The molecule has 2 aliphatic carbocycles. The van der Waals surface area contributed by atoms with E-state index in [9.17, 15) is 0 Å². The van der Waals surface area contributed by atoms with Gasteiger partial charge in [-0.2, -0.15) is 0 Å². The van der Waals surface area contributed by atoms with Crippen LogP contribution in [0.2, 0.25) is 0 Å². The second-order valence-corrected chi connectivity index (χ2v) is 4.89. The van der Waals surface area contributed by atoms with Crippen LogP contribution in [0.25, 0.3) is 16.7 Å². The molecule has 0 fully saturated rings. The van der Waals surface area contributed by atoms with Gasteiger partial charge >= 0.3 is 0 Å². The van der Waals surface area contributed by atoms with Gasteiger partial charge in [0.05, 0.1) is 0 Å². The van der Waals surface area contributed by atoms with E-state index in [1.54, 1.807) is 0 Å². The summed E-state index contributed by atoms with van der Waals surface area (Å²) in [6.45, 7) is 0. The Balaban J connectivity index is 2.07. The molecule has 0 unspecified atom stereocenters. The molecular weight excluding hydrogens is 228 g/mol. The molecule has 1 radical (unpaired) electrons. The first-order chi connectivity index (χ1) is 9.45. The Morgan fingerprint density at radius 2 is 1.32 bits per heavy atom. The molecule has 0 bridgehead atoms. The Kier molecular flexibility index (Phi) is 2.28. The Labute approximate surface area is 113 Å². The third kappa shape index (κ3) is 1.53. The molecule has 4 rings (SSSR count). The lowest BCUT2D eigenvalue weighted by atomic mass is 9.94. The molecule has 0 heterocycles. The molecule has 0 atom stereocenters. The molecule has 0 N–H and O–H groups in total. The second kappa shape index (κ2) is 4.10. The summed E-state index contributed by atoms with van der Waals surface area (Å²) in [4.78, 5) is 0. The molecule has 0 saturated heterocycles. The van der Waals surface area contributed by atoms with Crippen molar-refractivity contribution in [1.82, 2.24) is 0 Å². The first-order valence-electron chi connectivity index (χ1n) is 6.62. The SMILES string of the molecule is [C]1=CC=CCC1=C1c2ccccc2-c2ccccc21. The summed E-state index contributed by atoms with van der Waals surface area (Å²) in [6, 6.07) is 17.3. The minimum absolute atomic E-state index is 0.967. The van der Waals surface area contributed by atoms with E-state index in [-0.39, 0.29) is 0 Å². The number of benzene rings is 2. The van der Waals surface area contributed by atoms with Crippen LogP contribution in [0.3, 0.4) is 0 Å². The maximum atomic E-state index is 3.41. The van der Waals surface area contributed by atoms with E-state index < -0.39 is 0 Å². The molecule has 0 saturated carbocycles. The number of allylic oxidation sites excluding steroid dienone is 5. The van der Waals surface area contributed by atoms with Crippen molar-refractivity contribution in [3.05, 3.63) is 89.5 Å². The fourth-order valence-electron chi connectivity index (χ4n) is 2.98. The average Bonchev–Trinajstić information content (AvgIpc) is 2.83. The minimum atomic E-state index is 0.967. The molecular formula is C19H13. The van der Waals surface area contributed by atoms with Gasteiger partial charge in [-0.1, -0.05) is 66.8 Å². The van der Waals surface area contributed by atoms with E-state index in [2.05, 4.69) is 66.8 Å². The monoisotopic (exact) mass is 241 g/mol. The topological polar surface area (TPSA) is 0 Å². The smallest absolute Gasteiger partial charge is 0.00575 e. The Morgan fingerprint density at radius 1 is 0.737 bits per heavy atom. The van der Waals surface area contributed by atoms with Gasteiger partial charge in [0, 0.05) is 0 Å². The Morgan fingerprint density at radius 3 is 1.84 bits per heavy atom. The van der Waals surface area contributed by atoms with Gasteiger partial charge in [-0.25, -0.2) is 0 Å². The lowest BCUT2D eigenvalue weighted by molar-refractivity contribution is 1.24. The number of rotatable bonds is 0. The van der Waals surface area contributed by atoms with Gasteiger partial charge in [0.25, 0.3) is 0 Å². The lowest BCUT2D eigenvalue weighted by Crippen LogP contribution is -1.90. The van der Waals surface area contributed by atoms with Crippen molar-refractivity contribution in [3.63, 3.8) is 0 Å². The Hall–Kier alpha value is -2.34. The van der Waals surface area contributed by atoms with Crippen LogP contribution in [-0.2, 0) is 0 Å². The van der Waals surface area contributed by atoms with E-state index in [4.69, 9.17) is 0 Å². The number of fused-ring (bicyclic) bond motifs is 3. The van der Waals surface area contributed by atoms with Gasteiger partial charge < -0.3 is 0 Å². The predicted octanol–water partition coefficient (Wildman–Crippen LogP) is 4.79. The molecule has 2 aliphatic rings. The van der Waals surface area contributed by atoms with Gasteiger partial charge in [0.1, 0.15) is 0 Å². The summed E-state index contributed by atoms with van der Waals surface area (Å²) in [6.07, 6.45) is 10.6. The van der Waals surface area contributed by atoms with Crippen molar-refractivity contribution in [2.24, 2.45) is 0 Å².